The predicted molar refractivity (Wildman–Crippen MR) is 176 cm³/mol. The Morgan fingerprint density at radius 1 is 0.511 bits per heavy atom. The van der Waals surface area contributed by atoms with Crippen molar-refractivity contribution in [3.05, 3.63) is 132 Å². The zero-order valence-electron chi connectivity index (χ0n) is 24.5. The first-order chi connectivity index (χ1) is 22.1. The molecular formula is C38H31N3O4. The third-order valence-corrected chi connectivity index (χ3v) is 8.93. The van der Waals surface area contributed by atoms with Crippen LogP contribution in [0.3, 0.4) is 0 Å². The lowest BCUT2D eigenvalue weighted by atomic mass is 10.1. The summed E-state index contributed by atoms with van der Waals surface area (Å²) in [5, 5.41) is 15.8. The van der Waals surface area contributed by atoms with Gasteiger partial charge in [0.1, 0.15) is 0 Å². The number of hydrogen-bond donors (Lipinski definition) is 1. The molecule has 2 amide bonds. The van der Waals surface area contributed by atoms with Crippen molar-refractivity contribution in [2.45, 2.75) is 25.3 Å². The monoisotopic (exact) mass is 593 g/mol. The van der Waals surface area contributed by atoms with E-state index in [1.54, 1.807) is 24.3 Å². The van der Waals surface area contributed by atoms with Crippen LogP contribution in [-0.4, -0.2) is 56.3 Å². The molecule has 0 fully saturated rings. The van der Waals surface area contributed by atoms with E-state index in [1.807, 2.05) is 24.3 Å². The normalized spacial score (nSPS) is 14.0. The molecule has 0 saturated heterocycles. The first-order valence-electron chi connectivity index (χ1n) is 15.3. The summed E-state index contributed by atoms with van der Waals surface area (Å²) in [6, 6.07) is 40.3. The lowest BCUT2D eigenvalue weighted by molar-refractivity contribution is -0.0275. The Hall–Kier alpha value is -5.24. The molecule has 5 aromatic carbocycles. The van der Waals surface area contributed by atoms with Crippen molar-refractivity contribution in [2.75, 3.05) is 13.2 Å². The van der Waals surface area contributed by atoms with Crippen LogP contribution in [0.25, 0.3) is 43.6 Å². The van der Waals surface area contributed by atoms with Crippen molar-refractivity contribution in [1.82, 2.24) is 14.0 Å². The van der Waals surface area contributed by atoms with E-state index in [-0.39, 0.29) is 31.1 Å². The van der Waals surface area contributed by atoms with Crippen LogP contribution in [0, 0.1) is 0 Å². The molecule has 1 atom stereocenters. The highest BCUT2D eigenvalue weighted by molar-refractivity contribution is 6.21. The number of carbonyl (C=O) groups is 2. The number of aliphatic hydroxyl groups is 1. The second-order valence-electron chi connectivity index (χ2n) is 11.7. The number of carbonyl (C=O) groups excluding carboxylic acids is 2. The number of para-hydroxylation sites is 4. The average molecular weight is 594 g/mol. The number of β-amino-alcohol motifs (C(OH)–C–C–N with tert-alkyl or cyclic N) is 1. The lowest BCUT2D eigenvalue weighted by Gasteiger charge is -2.24. The molecule has 7 heteroatoms. The number of imide groups is 1. The van der Waals surface area contributed by atoms with Gasteiger partial charge < -0.3 is 19.0 Å². The molecule has 7 aromatic rings. The van der Waals surface area contributed by atoms with Crippen molar-refractivity contribution >= 4 is 55.4 Å². The first kappa shape index (κ1) is 27.3. The predicted octanol–water partition coefficient (Wildman–Crippen LogP) is 6.64. The van der Waals surface area contributed by atoms with E-state index in [4.69, 9.17) is 4.74 Å². The largest absolute Gasteiger partial charge is 0.389 e. The summed E-state index contributed by atoms with van der Waals surface area (Å²) in [5.41, 5.74) is 5.18. The number of fused-ring (bicyclic) bond motifs is 7. The molecule has 222 valence electrons. The van der Waals surface area contributed by atoms with Gasteiger partial charge in [-0.1, -0.05) is 84.9 Å². The number of rotatable bonds is 9. The minimum absolute atomic E-state index is 0.0354. The smallest absolute Gasteiger partial charge is 0.261 e. The molecule has 0 radical (unpaired) electrons. The lowest BCUT2D eigenvalue weighted by Crippen LogP contribution is -2.40. The summed E-state index contributed by atoms with van der Waals surface area (Å²) in [6.07, 6.45) is -1.40. The summed E-state index contributed by atoms with van der Waals surface area (Å²) in [5.74, 6) is -0.775. The molecule has 0 saturated carbocycles. The van der Waals surface area contributed by atoms with E-state index in [1.165, 1.54) is 21.5 Å². The van der Waals surface area contributed by atoms with Crippen molar-refractivity contribution < 1.29 is 19.4 Å². The number of ether oxygens (including phenoxy) is 1. The number of nitrogens with zero attached hydrogens (tertiary/aromatic N) is 3. The minimum atomic E-state index is -1.05. The van der Waals surface area contributed by atoms with Gasteiger partial charge >= 0.3 is 0 Å². The molecule has 7 nitrogen and oxygen atoms in total. The molecular weight excluding hydrogens is 562 g/mol. The Morgan fingerprint density at radius 3 is 1.27 bits per heavy atom. The van der Waals surface area contributed by atoms with Gasteiger partial charge in [-0.15, -0.1) is 0 Å². The van der Waals surface area contributed by atoms with Gasteiger partial charge in [0.15, 0.2) is 0 Å². The summed E-state index contributed by atoms with van der Waals surface area (Å²) in [7, 11) is 0. The highest BCUT2D eigenvalue weighted by atomic mass is 16.5. The molecule has 1 aliphatic rings. The molecule has 0 bridgehead atoms. The van der Waals surface area contributed by atoms with E-state index in [0.29, 0.717) is 24.2 Å². The van der Waals surface area contributed by atoms with Crippen LogP contribution in [-0.2, 0) is 17.8 Å². The van der Waals surface area contributed by atoms with Crippen LogP contribution in [0.1, 0.15) is 20.7 Å². The third kappa shape index (κ3) is 4.60. The van der Waals surface area contributed by atoms with E-state index < -0.39 is 6.10 Å². The minimum Gasteiger partial charge on any atom is -0.389 e. The van der Waals surface area contributed by atoms with E-state index in [0.717, 1.165) is 27.0 Å². The Kier molecular flexibility index (Phi) is 6.70. The third-order valence-electron chi connectivity index (χ3n) is 8.93. The van der Waals surface area contributed by atoms with Gasteiger partial charge in [0.05, 0.1) is 49.6 Å². The molecule has 1 aliphatic heterocycles. The fourth-order valence-corrected chi connectivity index (χ4v) is 6.89. The van der Waals surface area contributed by atoms with Gasteiger partial charge in [-0.2, -0.15) is 0 Å². The van der Waals surface area contributed by atoms with Crippen LogP contribution in [0.15, 0.2) is 121 Å². The maximum absolute atomic E-state index is 12.9. The highest BCUT2D eigenvalue weighted by Crippen LogP contribution is 2.32. The second kappa shape index (κ2) is 11.0. The van der Waals surface area contributed by atoms with Gasteiger partial charge in [0, 0.05) is 43.6 Å². The maximum atomic E-state index is 12.9. The van der Waals surface area contributed by atoms with Crippen LogP contribution in [0.2, 0.25) is 0 Å². The quantitative estimate of drug-likeness (QED) is 0.190. The van der Waals surface area contributed by atoms with Gasteiger partial charge in [0.2, 0.25) is 0 Å². The SMILES string of the molecule is O=C1c2ccccc2C(=O)N1C[C@H](O)COC(Cn1c2ccccc2c2ccccc21)Cn1c2ccccc2c2ccccc21. The number of aliphatic hydroxyl groups excluding tert-OH is 1. The highest BCUT2D eigenvalue weighted by Gasteiger charge is 2.36. The van der Waals surface area contributed by atoms with E-state index >= 15 is 0 Å². The molecule has 0 spiro atoms. The molecule has 45 heavy (non-hydrogen) atoms. The van der Waals surface area contributed by atoms with Crippen molar-refractivity contribution in [3.63, 3.8) is 0 Å². The molecule has 1 N–H and O–H groups in total. The number of benzene rings is 5. The van der Waals surface area contributed by atoms with E-state index in [2.05, 4.69) is 81.9 Å². The van der Waals surface area contributed by atoms with Crippen molar-refractivity contribution in [2.24, 2.45) is 0 Å². The zero-order valence-corrected chi connectivity index (χ0v) is 24.5. The van der Waals surface area contributed by atoms with Gasteiger partial charge in [0.25, 0.3) is 11.8 Å². The topological polar surface area (TPSA) is 76.7 Å². The fourth-order valence-electron chi connectivity index (χ4n) is 6.89. The van der Waals surface area contributed by atoms with Gasteiger partial charge in [-0.25, -0.2) is 0 Å². The Morgan fingerprint density at radius 2 is 0.867 bits per heavy atom. The molecule has 0 aliphatic carbocycles. The number of hydrogen-bond acceptors (Lipinski definition) is 4. The maximum Gasteiger partial charge on any atom is 0.261 e. The second-order valence-corrected chi connectivity index (χ2v) is 11.7. The van der Waals surface area contributed by atoms with Crippen molar-refractivity contribution in [1.29, 1.82) is 0 Å². The summed E-state index contributed by atoms with van der Waals surface area (Å²) in [6.45, 7) is 0.902. The Labute approximate surface area is 259 Å². The summed E-state index contributed by atoms with van der Waals surface area (Å²) >= 11 is 0. The van der Waals surface area contributed by atoms with Gasteiger partial charge in [-0.3, -0.25) is 14.5 Å². The van der Waals surface area contributed by atoms with Crippen LogP contribution in [0.4, 0.5) is 0 Å². The van der Waals surface area contributed by atoms with E-state index in [9.17, 15) is 14.7 Å². The van der Waals surface area contributed by atoms with Crippen LogP contribution < -0.4 is 0 Å². The van der Waals surface area contributed by atoms with Crippen LogP contribution in [0.5, 0.6) is 0 Å². The molecule has 0 unspecified atom stereocenters. The summed E-state index contributed by atoms with van der Waals surface area (Å²) in [4.78, 5) is 27.0. The van der Waals surface area contributed by atoms with Crippen molar-refractivity contribution in [3.8, 4) is 0 Å². The standard InChI is InChI=1S/C38H31N3O4/c42-25(21-41-37(43)31-15-1-2-16-32(31)38(41)44)24-45-26(22-39-33-17-7-3-11-27(33)28-12-4-8-18-34(28)39)23-40-35-19-9-5-13-29(35)30-14-6-10-20-36(30)40/h1-20,25-26,42H,21-24H2/t25-/m0/s1. The molecule has 2 aromatic heterocycles. The number of amides is 2. The fraction of sp³-hybridized carbons (Fsp3) is 0.158. The summed E-state index contributed by atoms with van der Waals surface area (Å²) < 4.78 is 11.1. The Bertz CT molecular complexity index is 1990. The molecule has 8 rings (SSSR count). The zero-order chi connectivity index (χ0) is 30.5. The van der Waals surface area contributed by atoms with Crippen LogP contribution >= 0.6 is 0 Å². The molecule has 3 heterocycles. The number of aromatic nitrogens is 2. The van der Waals surface area contributed by atoms with Gasteiger partial charge in [-0.05, 0) is 36.4 Å². The Balaban J connectivity index is 1.13. The first-order valence-corrected chi connectivity index (χ1v) is 15.3. The average Bonchev–Trinajstić information content (AvgIpc) is 3.66.